The third-order valence-corrected chi connectivity index (χ3v) is 4.43. The Bertz CT molecular complexity index is 307. The first-order valence-electron chi connectivity index (χ1n) is 8.11. The van der Waals surface area contributed by atoms with E-state index >= 15 is 0 Å². The average molecular weight is 284 g/mol. The number of nitrogens with one attached hydrogen (secondary N) is 1. The van der Waals surface area contributed by atoms with Crippen LogP contribution in [0.3, 0.4) is 0 Å². The summed E-state index contributed by atoms with van der Waals surface area (Å²) >= 11 is 0. The van der Waals surface area contributed by atoms with Gasteiger partial charge in [0, 0.05) is 12.6 Å². The molecule has 1 saturated heterocycles. The molecule has 2 N–H and O–H groups in total. The summed E-state index contributed by atoms with van der Waals surface area (Å²) in [6, 6.07) is 0.194. The first-order chi connectivity index (χ1) is 9.37. The quantitative estimate of drug-likeness (QED) is 0.639. The Hall–Kier alpha value is -0.610. The Balaban J connectivity index is 2.26. The van der Waals surface area contributed by atoms with Crippen LogP contribution in [0.25, 0.3) is 0 Å². The lowest BCUT2D eigenvalue weighted by Gasteiger charge is -2.29. The predicted molar refractivity (Wildman–Crippen MR) is 83.0 cm³/mol. The molecule has 2 unspecified atom stereocenters. The number of carboxylic acid groups (broad SMARTS) is 1. The van der Waals surface area contributed by atoms with Gasteiger partial charge in [0.2, 0.25) is 0 Å². The van der Waals surface area contributed by atoms with Gasteiger partial charge in [-0.2, -0.15) is 0 Å². The number of hydrogen-bond acceptors (Lipinski definition) is 3. The molecule has 4 nitrogen and oxygen atoms in total. The van der Waals surface area contributed by atoms with Gasteiger partial charge in [0.15, 0.2) is 0 Å². The summed E-state index contributed by atoms with van der Waals surface area (Å²) in [6.07, 6.45) is 5.38. The van der Waals surface area contributed by atoms with Crippen LogP contribution >= 0.6 is 0 Å². The van der Waals surface area contributed by atoms with E-state index in [4.69, 9.17) is 0 Å². The fourth-order valence-electron chi connectivity index (χ4n) is 3.14. The van der Waals surface area contributed by atoms with Crippen molar-refractivity contribution in [3.63, 3.8) is 0 Å². The Morgan fingerprint density at radius 2 is 2.15 bits per heavy atom. The topological polar surface area (TPSA) is 52.6 Å². The fourth-order valence-corrected chi connectivity index (χ4v) is 3.14. The second-order valence-corrected chi connectivity index (χ2v) is 6.76. The molecule has 0 bridgehead atoms. The predicted octanol–water partition coefficient (Wildman–Crippen LogP) is 2.73. The molecule has 0 aliphatic carbocycles. The monoisotopic (exact) mass is 284 g/mol. The van der Waals surface area contributed by atoms with Crippen LogP contribution in [-0.4, -0.2) is 47.2 Å². The van der Waals surface area contributed by atoms with Gasteiger partial charge in [-0.05, 0) is 65.5 Å². The van der Waals surface area contributed by atoms with Gasteiger partial charge in [0.05, 0.1) is 0 Å². The highest BCUT2D eigenvalue weighted by Crippen LogP contribution is 2.20. The summed E-state index contributed by atoms with van der Waals surface area (Å²) in [7, 11) is 0. The van der Waals surface area contributed by atoms with Gasteiger partial charge in [0.25, 0.3) is 0 Å². The Morgan fingerprint density at radius 1 is 1.45 bits per heavy atom. The van der Waals surface area contributed by atoms with E-state index in [1.54, 1.807) is 6.92 Å². The summed E-state index contributed by atoms with van der Waals surface area (Å²) in [6.45, 7) is 11.6. The fraction of sp³-hybridized carbons (Fsp3) is 0.938. The minimum Gasteiger partial charge on any atom is -0.480 e. The minimum atomic E-state index is -0.787. The molecule has 1 aliphatic rings. The van der Waals surface area contributed by atoms with Crippen LogP contribution in [0.1, 0.15) is 59.8 Å². The minimum absolute atomic E-state index is 0.194. The van der Waals surface area contributed by atoms with Gasteiger partial charge < -0.3 is 10.0 Å². The van der Waals surface area contributed by atoms with E-state index in [0.29, 0.717) is 6.42 Å². The van der Waals surface area contributed by atoms with Crippen LogP contribution in [0.5, 0.6) is 0 Å². The molecule has 4 heteroatoms. The Kier molecular flexibility index (Phi) is 6.96. The zero-order valence-electron chi connectivity index (χ0n) is 13.6. The second kappa shape index (κ2) is 7.99. The molecule has 0 amide bonds. The van der Waals surface area contributed by atoms with Crippen LogP contribution < -0.4 is 5.32 Å². The SMILES string of the molecule is CCC1CCN(CCCCC(C)(NC(C)C)C(=O)O)C1. The molecular weight excluding hydrogens is 252 g/mol. The molecule has 1 heterocycles. The first kappa shape index (κ1) is 17.4. The number of aliphatic carboxylic acids is 1. The lowest BCUT2D eigenvalue weighted by atomic mass is 9.94. The smallest absolute Gasteiger partial charge is 0.323 e. The summed E-state index contributed by atoms with van der Waals surface area (Å²) in [4.78, 5) is 13.9. The van der Waals surface area contributed by atoms with Crippen molar-refractivity contribution in [2.45, 2.75) is 71.4 Å². The van der Waals surface area contributed by atoms with Crippen LogP contribution in [0.2, 0.25) is 0 Å². The number of hydrogen-bond donors (Lipinski definition) is 2. The molecule has 1 rings (SSSR count). The van der Waals surface area contributed by atoms with Crippen molar-refractivity contribution < 1.29 is 9.90 Å². The molecule has 0 saturated carbocycles. The normalized spacial score (nSPS) is 23.1. The van der Waals surface area contributed by atoms with E-state index in [1.807, 2.05) is 13.8 Å². The van der Waals surface area contributed by atoms with E-state index < -0.39 is 11.5 Å². The first-order valence-corrected chi connectivity index (χ1v) is 8.11. The van der Waals surface area contributed by atoms with E-state index in [1.165, 1.54) is 25.9 Å². The van der Waals surface area contributed by atoms with Crippen molar-refractivity contribution in [3.05, 3.63) is 0 Å². The molecule has 0 aromatic heterocycles. The van der Waals surface area contributed by atoms with E-state index in [0.717, 1.165) is 25.3 Å². The molecule has 1 aliphatic heterocycles. The van der Waals surface area contributed by atoms with Gasteiger partial charge in [-0.1, -0.05) is 13.3 Å². The van der Waals surface area contributed by atoms with E-state index in [2.05, 4.69) is 17.1 Å². The highest BCUT2D eigenvalue weighted by Gasteiger charge is 2.32. The molecule has 0 aromatic carbocycles. The standard InChI is InChI=1S/C16H32N2O2/c1-5-14-8-11-18(12-14)10-7-6-9-16(4,15(19)20)17-13(2)3/h13-14,17H,5-12H2,1-4H3,(H,19,20). The number of rotatable bonds is 9. The lowest BCUT2D eigenvalue weighted by Crippen LogP contribution is -2.52. The van der Waals surface area contributed by atoms with Crippen molar-refractivity contribution in [3.8, 4) is 0 Å². The Labute approximate surface area is 123 Å². The summed E-state index contributed by atoms with van der Waals surface area (Å²) in [5.41, 5.74) is -0.787. The summed E-state index contributed by atoms with van der Waals surface area (Å²) in [5.74, 6) is 0.139. The summed E-state index contributed by atoms with van der Waals surface area (Å²) < 4.78 is 0. The van der Waals surface area contributed by atoms with E-state index in [9.17, 15) is 9.90 Å². The number of carboxylic acids is 1. The van der Waals surface area contributed by atoms with Crippen LogP contribution in [0.15, 0.2) is 0 Å². The van der Waals surface area contributed by atoms with Gasteiger partial charge in [-0.3, -0.25) is 10.1 Å². The molecule has 0 spiro atoms. The average Bonchev–Trinajstić information content (AvgIpc) is 2.81. The van der Waals surface area contributed by atoms with Crippen LogP contribution in [0.4, 0.5) is 0 Å². The van der Waals surface area contributed by atoms with Gasteiger partial charge >= 0.3 is 5.97 Å². The zero-order valence-corrected chi connectivity index (χ0v) is 13.6. The third-order valence-electron chi connectivity index (χ3n) is 4.43. The largest absolute Gasteiger partial charge is 0.480 e. The maximum atomic E-state index is 11.4. The highest BCUT2D eigenvalue weighted by atomic mass is 16.4. The molecule has 20 heavy (non-hydrogen) atoms. The van der Waals surface area contributed by atoms with Gasteiger partial charge in [-0.15, -0.1) is 0 Å². The summed E-state index contributed by atoms with van der Waals surface area (Å²) in [5, 5.41) is 12.6. The van der Waals surface area contributed by atoms with Crippen LogP contribution in [-0.2, 0) is 4.79 Å². The van der Waals surface area contributed by atoms with Crippen molar-refractivity contribution in [1.82, 2.24) is 10.2 Å². The number of likely N-dealkylation sites (tertiary alicyclic amines) is 1. The molecule has 0 aromatic rings. The Morgan fingerprint density at radius 3 is 2.65 bits per heavy atom. The number of unbranched alkanes of at least 4 members (excludes halogenated alkanes) is 1. The molecule has 0 radical (unpaired) electrons. The van der Waals surface area contributed by atoms with E-state index in [-0.39, 0.29) is 6.04 Å². The third kappa shape index (κ3) is 5.41. The number of nitrogens with zero attached hydrogens (tertiary/aromatic N) is 1. The highest BCUT2D eigenvalue weighted by molar-refractivity contribution is 5.78. The second-order valence-electron chi connectivity index (χ2n) is 6.76. The maximum absolute atomic E-state index is 11.4. The van der Waals surface area contributed by atoms with Crippen molar-refractivity contribution in [2.75, 3.05) is 19.6 Å². The van der Waals surface area contributed by atoms with Crippen molar-refractivity contribution in [2.24, 2.45) is 5.92 Å². The molecule has 2 atom stereocenters. The molecule has 1 fully saturated rings. The van der Waals surface area contributed by atoms with Gasteiger partial charge in [-0.25, -0.2) is 0 Å². The molecular formula is C16H32N2O2. The van der Waals surface area contributed by atoms with Crippen molar-refractivity contribution >= 4 is 5.97 Å². The zero-order chi connectivity index (χ0) is 15.2. The van der Waals surface area contributed by atoms with Gasteiger partial charge in [0.1, 0.15) is 5.54 Å². The number of carbonyl (C=O) groups is 1. The van der Waals surface area contributed by atoms with Crippen LogP contribution in [0, 0.1) is 5.92 Å². The maximum Gasteiger partial charge on any atom is 0.323 e. The lowest BCUT2D eigenvalue weighted by molar-refractivity contribution is -0.144. The molecule has 118 valence electrons. The van der Waals surface area contributed by atoms with Crippen molar-refractivity contribution in [1.29, 1.82) is 0 Å².